The van der Waals surface area contributed by atoms with E-state index in [2.05, 4.69) is 0 Å². The highest BCUT2D eigenvalue weighted by atomic mass is 35.5. The molecule has 7 heteroatoms. The maximum atomic E-state index is 12.4. The van der Waals surface area contributed by atoms with E-state index in [9.17, 15) is 18.3 Å². The Labute approximate surface area is 128 Å². The number of alkyl halides is 3. The summed E-state index contributed by atoms with van der Waals surface area (Å²) in [5.74, 6) is 0.747. The molecule has 1 aliphatic rings. The normalized spacial score (nSPS) is 19.9. The number of phenolic OH excluding ortho intramolecular Hbond substituents is 1. The summed E-state index contributed by atoms with van der Waals surface area (Å²) in [6, 6.07) is 6.42. The Hall–Kier alpha value is -1.14. The Morgan fingerprint density at radius 3 is 2.76 bits per heavy atom. The Morgan fingerprint density at radius 1 is 1.33 bits per heavy atom. The van der Waals surface area contributed by atoms with Gasteiger partial charge in [0.25, 0.3) is 0 Å². The molecule has 1 fully saturated rings. The lowest BCUT2D eigenvalue weighted by atomic mass is 9.99. The summed E-state index contributed by atoms with van der Waals surface area (Å²) in [5.41, 5.74) is 0. The van der Waals surface area contributed by atoms with Crippen LogP contribution in [0, 0.1) is 5.92 Å². The Bertz CT molecular complexity index is 442. The van der Waals surface area contributed by atoms with Gasteiger partial charge in [-0.1, -0.05) is 6.07 Å². The maximum Gasteiger partial charge on any atom is 0.401 e. The largest absolute Gasteiger partial charge is 0.508 e. The quantitative estimate of drug-likeness (QED) is 0.920. The monoisotopic (exact) mass is 325 g/mol. The maximum absolute atomic E-state index is 12.4. The number of aromatic hydroxyl groups is 1. The van der Waals surface area contributed by atoms with E-state index in [1.54, 1.807) is 18.2 Å². The molecule has 0 aliphatic carbocycles. The van der Waals surface area contributed by atoms with Crippen molar-refractivity contribution in [2.45, 2.75) is 19.0 Å². The van der Waals surface area contributed by atoms with Crippen LogP contribution in [0.5, 0.6) is 11.5 Å². The molecule has 0 aromatic heterocycles. The fourth-order valence-electron chi connectivity index (χ4n) is 2.47. The van der Waals surface area contributed by atoms with E-state index in [-0.39, 0.29) is 24.1 Å². The van der Waals surface area contributed by atoms with E-state index < -0.39 is 12.7 Å². The number of rotatable bonds is 4. The minimum atomic E-state index is -4.14. The van der Waals surface area contributed by atoms with Gasteiger partial charge in [0.1, 0.15) is 11.5 Å². The van der Waals surface area contributed by atoms with E-state index in [1.165, 1.54) is 11.0 Å². The average Bonchev–Trinajstić information content (AvgIpc) is 2.35. The van der Waals surface area contributed by atoms with Gasteiger partial charge in [-0.05, 0) is 31.5 Å². The highest BCUT2D eigenvalue weighted by Gasteiger charge is 2.33. The van der Waals surface area contributed by atoms with Crippen molar-refractivity contribution >= 4 is 12.4 Å². The molecule has 120 valence electrons. The number of halogens is 4. The van der Waals surface area contributed by atoms with E-state index in [1.807, 2.05) is 0 Å². The second-order valence-electron chi connectivity index (χ2n) is 5.17. The van der Waals surface area contributed by atoms with Crippen molar-refractivity contribution in [1.29, 1.82) is 0 Å². The van der Waals surface area contributed by atoms with Crippen molar-refractivity contribution in [2.24, 2.45) is 5.92 Å². The van der Waals surface area contributed by atoms with Crippen LogP contribution < -0.4 is 4.74 Å². The second kappa shape index (κ2) is 7.75. The highest BCUT2D eigenvalue weighted by molar-refractivity contribution is 5.85. The Kier molecular flexibility index (Phi) is 6.61. The third-order valence-electron chi connectivity index (χ3n) is 3.31. The number of nitrogens with zero attached hydrogens (tertiary/aromatic N) is 1. The first-order chi connectivity index (χ1) is 9.42. The molecule has 1 heterocycles. The molecule has 2 rings (SSSR count). The second-order valence-corrected chi connectivity index (χ2v) is 5.17. The average molecular weight is 326 g/mol. The van der Waals surface area contributed by atoms with E-state index in [4.69, 9.17) is 4.74 Å². The molecule has 1 N–H and O–H groups in total. The van der Waals surface area contributed by atoms with Gasteiger partial charge in [0.15, 0.2) is 0 Å². The zero-order valence-corrected chi connectivity index (χ0v) is 12.3. The van der Waals surface area contributed by atoms with Crippen LogP contribution in [-0.4, -0.2) is 42.4 Å². The molecule has 1 aliphatic heterocycles. The van der Waals surface area contributed by atoms with Gasteiger partial charge in [-0.25, -0.2) is 0 Å². The van der Waals surface area contributed by atoms with Gasteiger partial charge in [0, 0.05) is 18.5 Å². The molecule has 0 bridgehead atoms. The summed E-state index contributed by atoms with van der Waals surface area (Å²) in [5, 5.41) is 9.31. The Balaban J connectivity index is 0.00000220. The molecule has 0 unspecified atom stereocenters. The van der Waals surface area contributed by atoms with Gasteiger partial charge >= 0.3 is 6.18 Å². The molecule has 1 saturated heterocycles. The van der Waals surface area contributed by atoms with E-state index in [0.29, 0.717) is 25.4 Å². The molecule has 0 amide bonds. The number of phenols is 1. The van der Waals surface area contributed by atoms with E-state index in [0.717, 1.165) is 12.8 Å². The van der Waals surface area contributed by atoms with Crippen molar-refractivity contribution in [3.05, 3.63) is 24.3 Å². The van der Waals surface area contributed by atoms with Crippen LogP contribution in [0.4, 0.5) is 13.2 Å². The summed E-state index contributed by atoms with van der Waals surface area (Å²) in [4.78, 5) is 1.43. The lowest BCUT2D eigenvalue weighted by Crippen LogP contribution is -2.42. The molecule has 1 aromatic rings. The van der Waals surface area contributed by atoms with Crippen LogP contribution in [-0.2, 0) is 0 Å². The Morgan fingerprint density at radius 2 is 2.10 bits per heavy atom. The SMILES string of the molecule is Cl.Oc1cccc(OC[C@H]2CCCN(CC(F)(F)F)C2)c1. The fraction of sp³-hybridized carbons (Fsp3) is 0.571. The van der Waals surface area contributed by atoms with Gasteiger partial charge in [0.05, 0.1) is 13.2 Å². The first kappa shape index (κ1) is 17.9. The van der Waals surface area contributed by atoms with Crippen LogP contribution in [0.1, 0.15) is 12.8 Å². The first-order valence-corrected chi connectivity index (χ1v) is 6.63. The fourth-order valence-corrected chi connectivity index (χ4v) is 2.47. The van der Waals surface area contributed by atoms with Crippen LogP contribution in [0.2, 0.25) is 0 Å². The number of piperidine rings is 1. The molecule has 0 saturated carbocycles. The molecule has 21 heavy (non-hydrogen) atoms. The predicted molar refractivity (Wildman–Crippen MR) is 76.1 cm³/mol. The lowest BCUT2D eigenvalue weighted by Gasteiger charge is -2.32. The van der Waals surface area contributed by atoms with Crippen molar-refractivity contribution in [3.8, 4) is 11.5 Å². The van der Waals surface area contributed by atoms with Crippen LogP contribution >= 0.6 is 12.4 Å². The van der Waals surface area contributed by atoms with Crippen LogP contribution in [0.15, 0.2) is 24.3 Å². The van der Waals surface area contributed by atoms with Gasteiger partial charge < -0.3 is 9.84 Å². The summed E-state index contributed by atoms with van der Waals surface area (Å²) < 4.78 is 42.6. The number of ether oxygens (including phenoxy) is 1. The highest BCUT2D eigenvalue weighted by Crippen LogP contribution is 2.24. The number of likely N-dealkylation sites (tertiary alicyclic amines) is 1. The zero-order valence-electron chi connectivity index (χ0n) is 11.5. The standard InChI is InChI=1S/C14H18F3NO2.ClH/c15-14(16,17)10-18-6-2-3-11(8-18)9-20-13-5-1-4-12(19)7-13;/h1,4-5,7,11,19H,2-3,6,8-10H2;1H/t11-;/m0./s1. The topological polar surface area (TPSA) is 32.7 Å². The van der Waals surface area contributed by atoms with Crippen LogP contribution in [0.3, 0.4) is 0 Å². The molecule has 0 radical (unpaired) electrons. The number of hydrogen-bond acceptors (Lipinski definition) is 3. The zero-order chi connectivity index (χ0) is 14.6. The molecule has 1 atom stereocenters. The molecule has 3 nitrogen and oxygen atoms in total. The summed E-state index contributed by atoms with van der Waals surface area (Å²) in [6.45, 7) is 0.411. The molecular formula is C14H19ClF3NO2. The van der Waals surface area contributed by atoms with Crippen molar-refractivity contribution < 1.29 is 23.0 Å². The minimum Gasteiger partial charge on any atom is -0.508 e. The van der Waals surface area contributed by atoms with Crippen molar-refractivity contribution in [3.63, 3.8) is 0 Å². The molecule has 1 aromatic carbocycles. The number of hydrogen-bond donors (Lipinski definition) is 1. The predicted octanol–water partition coefficient (Wildman–Crippen LogP) is 3.47. The third kappa shape index (κ3) is 6.44. The van der Waals surface area contributed by atoms with Gasteiger partial charge in [-0.2, -0.15) is 13.2 Å². The summed E-state index contributed by atoms with van der Waals surface area (Å²) in [6.07, 6.45) is -2.52. The molecular weight excluding hydrogens is 307 g/mol. The van der Waals surface area contributed by atoms with Gasteiger partial charge in [-0.15, -0.1) is 12.4 Å². The molecule has 0 spiro atoms. The number of benzene rings is 1. The summed E-state index contributed by atoms with van der Waals surface area (Å²) >= 11 is 0. The van der Waals surface area contributed by atoms with Crippen LogP contribution in [0.25, 0.3) is 0 Å². The van der Waals surface area contributed by atoms with Crippen molar-refractivity contribution in [1.82, 2.24) is 4.90 Å². The smallest absolute Gasteiger partial charge is 0.401 e. The summed E-state index contributed by atoms with van der Waals surface area (Å²) in [7, 11) is 0. The van der Waals surface area contributed by atoms with Gasteiger partial charge in [0.2, 0.25) is 0 Å². The minimum absolute atomic E-state index is 0. The first-order valence-electron chi connectivity index (χ1n) is 6.63. The lowest BCUT2D eigenvalue weighted by molar-refractivity contribution is -0.149. The van der Waals surface area contributed by atoms with Crippen molar-refractivity contribution in [2.75, 3.05) is 26.2 Å². The third-order valence-corrected chi connectivity index (χ3v) is 3.31. The van der Waals surface area contributed by atoms with E-state index >= 15 is 0 Å². The van der Waals surface area contributed by atoms with Gasteiger partial charge in [-0.3, -0.25) is 4.90 Å².